The lowest BCUT2D eigenvalue weighted by molar-refractivity contribution is 1.20. The molecule has 4 heterocycles. The number of thiophene rings is 1. The van der Waals surface area contributed by atoms with Gasteiger partial charge < -0.3 is 4.40 Å². The molecule has 0 aromatic carbocycles. The molecule has 4 aromatic heterocycles. The van der Waals surface area contributed by atoms with Crippen LogP contribution in [0.15, 0.2) is 60.4 Å². The van der Waals surface area contributed by atoms with Gasteiger partial charge in [-0.3, -0.25) is 0 Å². The molecule has 0 unspecified atom stereocenters. The van der Waals surface area contributed by atoms with Crippen LogP contribution in [0.2, 0.25) is 0 Å². The fourth-order valence-corrected chi connectivity index (χ4v) is 3.03. The van der Waals surface area contributed by atoms with Crippen molar-refractivity contribution in [2.45, 2.75) is 0 Å². The molecule has 18 heavy (non-hydrogen) atoms. The van der Waals surface area contributed by atoms with E-state index in [-0.39, 0.29) is 0 Å². The minimum absolute atomic E-state index is 1.10. The molecule has 0 amide bonds. The van der Waals surface area contributed by atoms with E-state index in [1.807, 2.05) is 12.3 Å². The molecule has 0 N–H and O–H groups in total. The van der Waals surface area contributed by atoms with Gasteiger partial charge >= 0.3 is 0 Å². The summed E-state index contributed by atoms with van der Waals surface area (Å²) in [6.45, 7) is 0. The first-order valence-electron chi connectivity index (χ1n) is 5.81. The molecule has 0 bridgehead atoms. The summed E-state index contributed by atoms with van der Waals surface area (Å²) < 4.78 is 2.13. The second kappa shape index (κ2) is 3.68. The van der Waals surface area contributed by atoms with E-state index in [0.717, 1.165) is 4.83 Å². The lowest BCUT2D eigenvalue weighted by atomic mass is 10.1. The van der Waals surface area contributed by atoms with E-state index in [2.05, 4.69) is 57.5 Å². The predicted molar refractivity (Wildman–Crippen MR) is 76.0 cm³/mol. The number of rotatable bonds is 1. The van der Waals surface area contributed by atoms with Gasteiger partial charge in [-0.1, -0.05) is 6.07 Å². The van der Waals surface area contributed by atoms with Gasteiger partial charge in [0.05, 0.1) is 5.52 Å². The van der Waals surface area contributed by atoms with Crippen LogP contribution in [0.3, 0.4) is 0 Å². The van der Waals surface area contributed by atoms with Crippen molar-refractivity contribution in [2.24, 2.45) is 0 Å². The molecule has 0 aliphatic heterocycles. The molecule has 0 aliphatic carbocycles. The van der Waals surface area contributed by atoms with Gasteiger partial charge in [-0.25, -0.2) is 4.98 Å². The largest absolute Gasteiger partial charge is 0.323 e. The Balaban J connectivity index is 2.00. The Morgan fingerprint density at radius 2 is 2.06 bits per heavy atom. The molecule has 4 aromatic rings. The van der Waals surface area contributed by atoms with E-state index in [1.165, 1.54) is 22.0 Å². The molecule has 0 fully saturated rings. The van der Waals surface area contributed by atoms with Crippen molar-refractivity contribution < 1.29 is 0 Å². The third-order valence-corrected chi connectivity index (χ3v) is 4.02. The standard InChI is InChI=1S/C15H10N2S/c1-2-6-17-7-4-13(14(17)3-1)12-9-11-5-8-18-15(11)16-10-12/h1-10H. The van der Waals surface area contributed by atoms with Crippen LogP contribution >= 0.6 is 11.3 Å². The predicted octanol–water partition coefficient (Wildman–Crippen LogP) is 4.22. The van der Waals surface area contributed by atoms with Crippen molar-refractivity contribution in [3.05, 3.63) is 60.4 Å². The second-order valence-electron chi connectivity index (χ2n) is 4.26. The first-order valence-corrected chi connectivity index (χ1v) is 6.69. The van der Waals surface area contributed by atoms with Crippen molar-refractivity contribution in [1.29, 1.82) is 0 Å². The van der Waals surface area contributed by atoms with Crippen molar-refractivity contribution >= 4 is 27.1 Å². The summed E-state index contributed by atoms with van der Waals surface area (Å²) in [5, 5.41) is 3.30. The Kier molecular flexibility index (Phi) is 2.02. The number of hydrogen-bond donors (Lipinski definition) is 0. The van der Waals surface area contributed by atoms with E-state index < -0.39 is 0 Å². The Morgan fingerprint density at radius 3 is 3.06 bits per heavy atom. The molecular formula is C15H10N2S. The zero-order chi connectivity index (χ0) is 11.9. The highest BCUT2D eigenvalue weighted by Gasteiger charge is 2.06. The molecule has 0 saturated heterocycles. The van der Waals surface area contributed by atoms with Crippen molar-refractivity contribution in [3.8, 4) is 11.1 Å². The summed E-state index contributed by atoms with van der Waals surface area (Å²) in [6.07, 6.45) is 6.11. The average Bonchev–Trinajstić information content (AvgIpc) is 3.04. The van der Waals surface area contributed by atoms with Gasteiger partial charge in [0, 0.05) is 35.1 Å². The van der Waals surface area contributed by atoms with Gasteiger partial charge in [0.25, 0.3) is 0 Å². The fraction of sp³-hybridized carbons (Fsp3) is 0. The third kappa shape index (κ3) is 1.38. The number of fused-ring (bicyclic) bond motifs is 2. The summed E-state index contributed by atoms with van der Waals surface area (Å²) in [7, 11) is 0. The number of pyridine rings is 2. The summed E-state index contributed by atoms with van der Waals surface area (Å²) in [6, 6.07) is 12.7. The monoisotopic (exact) mass is 250 g/mol. The highest BCUT2D eigenvalue weighted by Crippen LogP contribution is 2.28. The molecule has 2 nitrogen and oxygen atoms in total. The number of hydrogen-bond acceptors (Lipinski definition) is 2. The average molecular weight is 250 g/mol. The van der Waals surface area contributed by atoms with Crippen LogP contribution in [-0.4, -0.2) is 9.38 Å². The molecule has 0 radical (unpaired) electrons. The lowest BCUT2D eigenvalue weighted by Crippen LogP contribution is -1.82. The molecular weight excluding hydrogens is 240 g/mol. The Morgan fingerprint density at radius 1 is 1.06 bits per heavy atom. The van der Waals surface area contributed by atoms with E-state index in [1.54, 1.807) is 11.3 Å². The fourth-order valence-electron chi connectivity index (χ4n) is 2.30. The van der Waals surface area contributed by atoms with Crippen LogP contribution in [0, 0.1) is 0 Å². The normalized spacial score (nSPS) is 11.3. The maximum absolute atomic E-state index is 4.51. The van der Waals surface area contributed by atoms with Crippen LogP contribution in [-0.2, 0) is 0 Å². The van der Waals surface area contributed by atoms with Gasteiger partial charge in [0.2, 0.25) is 0 Å². The number of nitrogens with zero attached hydrogens (tertiary/aromatic N) is 2. The minimum Gasteiger partial charge on any atom is -0.323 e. The molecule has 0 aliphatic rings. The van der Waals surface area contributed by atoms with Crippen LogP contribution in [0.25, 0.3) is 26.9 Å². The first kappa shape index (κ1) is 9.85. The van der Waals surface area contributed by atoms with Crippen LogP contribution in [0.5, 0.6) is 0 Å². The van der Waals surface area contributed by atoms with E-state index in [4.69, 9.17) is 0 Å². The number of aromatic nitrogens is 2. The van der Waals surface area contributed by atoms with Gasteiger partial charge in [0.15, 0.2) is 0 Å². The summed E-state index contributed by atoms with van der Waals surface area (Å²) in [4.78, 5) is 5.61. The first-order chi connectivity index (χ1) is 8.92. The molecule has 4 rings (SSSR count). The maximum Gasteiger partial charge on any atom is 0.123 e. The van der Waals surface area contributed by atoms with E-state index in [9.17, 15) is 0 Å². The SMILES string of the molecule is c1ccn2ccc(-c3cnc4sccc4c3)c2c1. The molecule has 86 valence electrons. The highest BCUT2D eigenvalue weighted by molar-refractivity contribution is 7.16. The molecule has 0 spiro atoms. The summed E-state index contributed by atoms with van der Waals surface area (Å²) >= 11 is 1.68. The zero-order valence-corrected chi connectivity index (χ0v) is 10.4. The van der Waals surface area contributed by atoms with Crippen LogP contribution in [0.4, 0.5) is 0 Å². The Bertz CT molecular complexity index is 842. The Hall–Kier alpha value is -2.13. The lowest BCUT2D eigenvalue weighted by Gasteiger charge is -2.00. The van der Waals surface area contributed by atoms with Crippen molar-refractivity contribution in [3.63, 3.8) is 0 Å². The topological polar surface area (TPSA) is 17.3 Å². The van der Waals surface area contributed by atoms with Gasteiger partial charge in [-0.2, -0.15) is 0 Å². The van der Waals surface area contributed by atoms with Crippen molar-refractivity contribution in [1.82, 2.24) is 9.38 Å². The molecule has 3 heteroatoms. The van der Waals surface area contributed by atoms with E-state index in [0.29, 0.717) is 0 Å². The van der Waals surface area contributed by atoms with Gasteiger partial charge in [-0.15, -0.1) is 11.3 Å². The second-order valence-corrected chi connectivity index (χ2v) is 5.16. The molecule has 0 atom stereocenters. The summed E-state index contributed by atoms with van der Waals surface area (Å²) in [5.74, 6) is 0. The molecule has 0 saturated carbocycles. The highest BCUT2D eigenvalue weighted by atomic mass is 32.1. The zero-order valence-electron chi connectivity index (χ0n) is 9.58. The maximum atomic E-state index is 4.51. The van der Waals surface area contributed by atoms with E-state index >= 15 is 0 Å². The summed E-state index contributed by atoms with van der Waals surface area (Å²) in [5.41, 5.74) is 3.62. The minimum atomic E-state index is 1.10. The van der Waals surface area contributed by atoms with Gasteiger partial charge in [0.1, 0.15) is 4.83 Å². The Labute approximate surface area is 108 Å². The third-order valence-electron chi connectivity index (χ3n) is 3.18. The smallest absolute Gasteiger partial charge is 0.123 e. The quantitative estimate of drug-likeness (QED) is 0.494. The van der Waals surface area contributed by atoms with Crippen LogP contribution in [0.1, 0.15) is 0 Å². The van der Waals surface area contributed by atoms with Crippen LogP contribution < -0.4 is 0 Å². The van der Waals surface area contributed by atoms with Gasteiger partial charge in [-0.05, 0) is 35.7 Å². The van der Waals surface area contributed by atoms with Crippen molar-refractivity contribution in [2.75, 3.05) is 0 Å².